The molecular formula is C25H32N4O6. The lowest BCUT2D eigenvalue weighted by Gasteiger charge is -2.36. The molecule has 0 saturated carbocycles. The second-order valence-corrected chi connectivity index (χ2v) is 9.10. The number of nitro groups is 1. The van der Waals surface area contributed by atoms with Gasteiger partial charge in [0.25, 0.3) is 11.6 Å². The van der Waals surface area contributed by atoms with E-state index < -0.39 is 4.92 Å². The van der Waals surface area contributed by atoms with Crippen LogP contribution in [0.25, 0.3) is 0 Å². The van der Waals surface area contributed by atoms with Crippen LogP contribution in [-0.4, -0.2) is 78.5 Å². The maximum absolute atomic E-state index is 13.3. The first kappa shape index (κ1) is 24.7. The zero-order valence-corrected chi connectivity index (χ0v) is 20.3. The molecule has 35 heavy (non-hydrogen) atoms. The minimum Gasteiger partial charge on any atom is -0.466 e. The summed E-state index contributed by atoms with van der Waals surface area (Å²) in [5.74, 6) is 1.15. The molecule has 3 heterocycles. The Bertz CT molecular complexity index is 1050. The molecule has 2 fully saturated rings. The number of aryl methyl sites for hydroxylation is 2. The van der Waals surface area contributed by atoms with Crippen molar-refractivity contribution in [1.29, 1.82) is 0 Å². The van der Waals surface area contributed by atoms with Gasteiger partial charge in [0.2, 0.25) is 5.91 Å². The van der Waals surface area contributed by atoms with E-state index in [0.717, 1.165) is 18.5 Å². The van der Waals surface area contributed by atoms with Gasteiger partial charge in [-0.3, -0.25) is 19.7 Å². The Morgan fingerprint density at radius 1 is 1.14 bits per heavy atom. The second-order valence-electron chi connectivity index (χ2n) is 9.10. The van der Waals surface area contributed by atoms with Crippen molar-refractivity contribution in [2.24, 2.45) is 0 Å². The third-order valence-corrected chi connectivity index (χ3v) is 6.66. The zero-order chi connectivity index (χ0) is 24.9. The maximum Gasteiger partial charge on any atom is 0.269 e. The van der Waals surface area contributed by atoms with Crippen LogP contribution < -0.4 is 4.90 Å². The first-order chi connectivity index (χ1) is 16.8. The molecule has 1 atom stereocenters. The lowest BCUT2D eigenvalue weighted by atomic mass is 10.1. The first-order valence-electron chi connectivity index (χ1n) is 12.1. The molecule has 1 unspecified atom stereocenters. The molecule has 0 N–H and O–H groups in total. The molecule has 2 amide bonds. The third-order valence-electron chi connectivity index (χ3n) is 6.66. The number of furan rings is 1. The molecule has 0 spiro atoms. The maximum atomic E-state index is 13.3. The van der Waals surface area contributed by atoms with Crippen molar-refractivity contribution < 1.29 is 23.7 Å². The Balaban J connectivity index is 1.33. The van der Waals surface area contributed by atoms with Crippen LogP contribution >= 0.6 is 0 Å². The van der Waals surface area contributed by atoms with Crippen LogP contribution in [0.15, 0.2) is 34.7 Å². The van der Waals surface area contributed by atoms with Gasteiger partial charge in [-0.1, -0.05) is 0 Å². The molecule has 188 valence electrons. The number of hydrogen-bond donors (Lipinski definition) is 0. The summed E-state index contributed by atoms with van der Waals surface area (Å²) in [6.07, 6.45) is 2.12. The molecule has 2 aliphatic heterocycles. The summed E-state index contributed by atoms with van der Waals surface area (Å²) in [6, 6.07) is 8.22. The Hall–Kier alpha value is -3.40. The van der Waals surface area contributed by atoms with E-state index in [1.165, 1.54) is 12.1 Å². The number of hydrogen-bond acceptors (Lipinski definition) is 7. The molecule has 10 nitrogen and oxygen atoms in total. The highest BCUT2D eigenvalue weighted by Crippen LogP contribution is 2.22. The van der Waals surface area contributed by atoms with Crippen LogP contribution in [0, 0.1) is 24.0 Å². The highest BCUT2D eigenvalue weighted by atomic mass is 16.6. The number of piperazine rings is 1. The van der Waals surface area contributed by atoms with Gasteiger partial charge in [0, 0.05) is 70.1 Å². The Morgan fingerprint density at radius 2 is 1.86 bits per heavy atom. The second kappa shape index (κ2) is 10.9. The van der Waals surface area contributed by atoms with Crippen LogP contribution in [0.3, 0.4) is 0 Å². The molecule has 0 aliphatic carbocycles. The molecule has 10 heteroatoms. The number of amides is 2. The smallest absolute Gasteiger partial charge is 0.269 e. The molecular weight excluding hydrogens is 452 g/mol. The normalized spacial score (nSPS) is 18.1. The Labute approximate surface area is 204 Å². The zero-order valence-electron chi connectivity index (χ0n) is 20.3. The van der Waals surface area contributed by atoms with E-state index in [1.54, 1.807) is 30.0 Å². The van der Waals surface area contributed by atoms with Crippen molar-refractivity contribution in [3.8, 4) is 0 Å². The number of carbonyl (C=O) groups is 2. The average Bonchev–Trinajstić information content (AvgIpc) is 3.50. The van der Waals surface area contributed by atoms with Crippen molar-refractivity contribution in [3.63, 3.8) is 0 Å². The SMILES string of the molecule is Cc1cc(C(=O)N(CCC(=O)N2CCN(c3ccc([N+](=O)[O-])cc3)CC2)CC2CCCO2)c(C)o1. The highest BCUT2D eigenvalue weighted by molar-refractivity contribution is 5.95. The van der Waals surface area contributed by atoms with Crippen LogP contribution in [-0.2, 0) is 9.53 Å². The fraction of sp³-hybridized carbons (Fsp3) is 0.520. The molecule has 0 bridgehead atoms. The van der Waals surface area contributed by atoms with Crippen LogP contribution in [0.2, 0.25) is 0 Å². The van der Waals surface area contributed by atoms with E-state index in [2.05, 4.69) is 4.90 Å². The van der Waals surface area contributed by atoms with Crippen LogP contribution in [0.1, 0.15) is 41.1 Å². The average molecular weight is 485 g/mol. The number of non-ortho nitro benzene ring substituents is 1. The van der Waals surface area contributed by atoms with Gasteiger partial charge in [-0.05, 0) is 44.9 Å². The standard InChI is InChI=1S/C25H32N4O6/c1-18-16-23(19(2)35-18)25(31)28(17-22-4-3-15-34-22)10-9-24(30)27-13-11-26(12-14-27)20-5-7-21(8-6-20)29(32)33/h5-8,16,22H,3-4,9-15,17H2,1-2H3. The predicted molar refractivity (Wildman–Crippen MR) is 130 cm³/mol. The number of anilines is 1. The van der Waals surface area contributed by atoms with Gasteiger partial charge in [-0.25, -0.2) is 0 Å². The summed E-state index contributed by atoms with van der Waals surface area (Å²) in [5, 5.41) is 10.9. The van der Waals surface area contributed by atoms with Crippen molar-refractivity contribution in [2.45, 2.75) is 39.2 Å². The van der Waals surface area contributed by atoms with Gasteiger partial charge in [0.05, 0.1) is 16.6 Å². The number of carbonyl (C=O) groups excluding carboxylic acids is 2. The first-order valence-corrected chi connectivity index (χ1v) is 12.1. The molecule has 2 saturated heterocycles. The molecule has 2 aromatic rings. The number of nitro benzene ring substituents is 1. The Kier molecular flexibility index (Phi) is 7.70. The quantitative estimate of drug-likeness (QED) is 0.418. The monoisotopic (exact) mass is 484 g/mol. The summed E-state index contributed by atoms with van der Waals surface area (Å²) in [5.41, 5.74) is 1.50. The largest absolute Gasteiger partial charge is 0.466 e. The minimum atomic E-state index is -0.414. The molecule has 2 aliphatic rings. The van der Waals surface area contributed by atoms with E-state index in [0.29, 0.717) is 63.0 Å². The molecule has 4 rings (SSSR count). The summed E-state index contributed by atoms with van der Waals surface area (Å²) in [7, 11) is 0. The van der Waals surface area contributed by atoms with Gasteiger partial charge < -0.3 is 23.9 Å². The van der Waals surface area contributed by atoms with Gasteiger partial charge in [-0.15, -0.1) is 0 Å². The summed E-state index contributed by atoms with van der Waals surface area (Å²) < 4.78 is 11.3. The van der Waals surface area contributed by atoms with E-state index in [9.17, 15) is 19.7 Å². The predicted octanol–water partition coefficient (Wildman–Crippen LogP) is 3.16. The van der Waals surface area contributed by atoms with Gasteiger partial charge >= 0.3 is 0 Å². The summed E-state index contributed by atoms with van der Waals surface area (Å²) >= 11 is 0. The van der Waals surface area contributed by atoms with Crippen LogP contribution in [0.5, 0.6) is 0 Å². The number of rotatable bonds is 8. The third kappa shape index (κ3) is 6.00. The van der Waals surface area contributed by atoms with Crippen molar-refractivity contribution >= 4 is 23.2 Å². The number of nitrogens with zero attached hydrogens (tertiary/aromatic N) is 4. The van der Waals surface area contributed by atoms with Crippen molar-refractivity contribution in [3.05, 3.63) is 57.5 Å². The van der Waals surface area contributed by atoms with Gasteiger partial charge in [0.1, 0.15) is 11.5 Å². The number of benzene rings is 1. The molecule has 1 aromatic carbocycles. The van der Waals surface area contributed by atoms with Crippen molar-refractivity contribution in [1.82, 2.24) is 9.80 Å². The summed E-state index contributed by atoms with van der Waals surface area (Å²) in [4.78, 5) is 42.3. The van der Waals surface area contributed by atoms with E-state index in [-0.39, 0.29) is 30.0 Å². The lowest BCUT2D eigenvalue weighted by Crippen LogP contribution is -2.49. The fourth-order valence-electron chi connectivity index (χ4n) is 4.71. The number of ether oxygens (including phenoxy) is 1. The van der Waals surface area contributed by atoms with Crippen molar-refractivity contribution in [2.75, 3.05) is 50.8 Å². The molecule has 1 aromatic heterocycles. The fourth-order valence-corrected chi connectivity index (χ4v) is 4.71. The lowest BCUT2D eigenvalue weighted by molar-refractivity contribution is -0.384. The topological polar surface area (TPSA) is 109 Å². The minimum absolute atomic E-state index is 0.00685. The van der Waals surface area contributed by atoms with E-state index in [1.807, 2.05) is 11.8 Å². The van der Waals surface area contributed by atoms with Gasteiger partial charge in [0.15, 0.2) is 0 Å². The Morgan fingerprint density at radius 3 is 2.43 bits per heavy atom. The summed E-state index contributed by atoms with van der Waals surface area (Å²) in [6.45, 7) is 7.51. The van der Waals surface area contributed by atoms with E-state index >= 15 is 0 Å². The highest BCUT2D eigenvalue weighted by Gasteiger charge is 2.28. The van der Waals surface area contributed by atoms with Crippen LogP contribution in [0.4, 0.5) is 11.4 Å². The van der Waals surface area contributed by atoms with E-state index in [4.69, 9.17) is 9.15 Å². The molecule has 0 radical (unpaired) electrons. The van der Waals surface area contributed by atoms with Gasteiger partial charge in [-0.2, -0.15) is 0 Å².